The zero-order chi connectivity index (χ0) is 18.8. The van der Waals surface area contributed by atoms with Crippen LogP contribution >= 0.6 is 11.8 Å². The van der Waals surface area contributed by atoms with Crippen LogP contribution in [0.25, 0.3) is 0 Å². The minimum Gasteiger partial charge on any atom is -0.343 e. The van der Waals surface area contributed by atoms with Gasteiger partial charge in [-0.15, -0.1) is 0 Å². The summed E-state index contributed by atoms with van der Waals surface area (Å²) in [5.74, 6) is 0.248. The minimum atomic E-state index is 0.248. The molecule has 1 amide bonds. The summed E-state index contributed by atoms with van der Waals surface area (Å²) in [6.07, 6.45) is 2.69. The Morgan fingerprint density at radius 3 is 2.19 bits per heavy atom. The molecular weight excluding hydrogens is 354 g/mol. The lowest BCUT2D eigenvalue weighted by atomic mass is 10.0. The summed E-state index contributed by atoms with van der Waals surface area (Å²) >= 11 is 1.81. The van der Waals surface area contributed by atoms with Crippen molar-refractivity contribution >= 4 is 29.0 Å². The Morgan fingerprint density at radius 1 is 1.04 bits per heavy atom. The van der Waals surface area contributed by atoms with Gasteiger partial charge in [0.05, 0.1) is 11.4 Å². The second-order valence-corrected chi connectivity index (χ2v) is 8.56. The molecule has 2 aliphatic rings. The van der Waals surface area contributed by atoms with Crippen LogP contribution in [0, 0.1) is 0 Å². The Balaban J connectivity index is 1.47. The third-order valence-corrected chi connectivity index (χ3v) is 6.84. The van der Waals surface area contributed by atoms with Crippen molar-refractivity contribution in [1.82, 2.24) is 9.80 Å². The normalized spacial score (nSPS) is 17.3. The molecule has 5 heteroatoms. The number of anilines is 2. The predicted molar refractivity (Wildman–Crippen MR) is 112 cm³/mol. The summed E-state index contributed by atoms with van der Waals surface area (Å²) in [6.45, 7) is 2.86. The molecule has 2 aromatic carbocycles. The molecule has 0 spiro atoms. The van der Waals surface area contributed by atoms with Crippen molar-refractivity contribution in [2.24, 2.45) is 0 Å². The molecule has 1 saturated heterocycles. The second-order valence-electron chi connectivity index (χ2n) is 7.48. The van der Waals surface area contributed by atoms with Crippen LogP contribution in [0.4, 0.5) is 11.4 Å². The molecule has 0 aromatic heterocycles. The van der Waals surface area contributed by atoms with Crippen molar-refractivity contribution in [2.75, 3.05) is 38.6 Å². The highest BCUT2D eigenvalue weighted by atomic mass is 32.2. The van der Waals surface area contributed by atoms with Gasteiger partial charge in [-0.3, -0.25) is 4.79 Å². The van der Waals surface area contributed by atoms with Crippen LogP contribution < -0.4 is 4.90 Å². The van der Waals surface area contributed by atoms with Gasteiger partial charge in [0.2, 0.25) is 5.91 Å². The first kappa shape index (κ1) is 18.4. The van der Waals surface area contributed by atoms with Gasteiger partial charge in [-0.05, 0) is 57.2 Å². The second kappa shape index (κ2) is 7.95. The number of carbonyl (C=O) groups is 1. The number of para-hydroxylation sites is 2. The molecule has 0 atom stereocenters. The Hall–Kier alpha value is -1.98. The van der Waals surface area contributed by atoms with Gasteiger partial charge in [0, 0.05) is 35.8 Å². The molecule has 27 heavy (non-hydrogen) atoms. The van der Waals surface area contributed by atoms with Gasteiger partial charge in [-0.2, -0.15) is 0 Å². The van der Waals surface area contributed by atoms with Crippen molar-refractivity contribution in [3.8, 4) is 0 Å². The van der Waals surface area contributed by atoms with E-state index in [9.17, 15) is 4.79 Å². The summed E-state index contributed by atoms with van der Waals surface area (Å²) in [4.78, 5) is 22.0. The number of piperidine rings is 1. The Morgan fingerprint density at radius 2 is 1.59 bits per heavy atom. The first-order valence-corrected chi connectivity index (χ1v) is 10.5. The van der Waals surface area contributed by atoms with E-state index in [0.29, 0.717) is 19.0 Å². The fourth-order valence-corrected chi connectivity index (χ4v) is 5.09. The van der Waals surface area contributed by atoms with Crippen molar-refractivity contribution in [3.05, 3.63) is 48.5 Å². The van der Waals surface area contributed by atoms with E-state index in [1.165, 1.54) is 21.2 Å². The van der Waals surface area contributed by atoms with Gasteiger partial charge < -0.3 is 14.7 Å². The molecule has 142 valence electrons. The molecule has 0 aliphatic carbocycles. The highest BCUT2D eigenvalue weighted by Crippen LogP contribution is 2.47. The Bertz CT molecular complexity index is 771. The van der Waals surface area contributed by atoms with Gasteiger partial charge in [-0.25, -0.2) is 0 Å². The zero-order valence-electron chi connectivity index (χ0n) is 16.1. The van der Waals surface area contributed by atoms with E-state index in [1.807, 2.05) is 23.7 Å². The number of fused-ring (bicyclic) bond motifs is 2. The lowest BCUT2D eigenvalue weighted by Crippen LogP contribution is -2.45. The van der Waals surface area contributed by atoms with Crippen molar-refractivity contribution in [3.63, 3.8) is 0 Å². The van der Waals surface area contributed by atoms with Gasteiger partial charge >= 0.3 is 0 Å². The summed E-state index contributed by atoms with van der Waals surface area (Å²) in [5, 5.41) is 0. The van der Waals surface area contributed by atoms with E-state index < -0.39 is 0 Å². The summed E-state index contributed by atoms with van der Waals surface area (Å²) in [6, 6.07) is 17.3. The average molecular weight is 382 g/mol. The van der Waals surface area contributed by atoms with Gasteiger partial charge in [-0.1, -0.05) is 36.0 Å². The fraction of sp³-hybridized carbons (Fsp3) is 0.409. The van der Waals surface area contributed by atoms with Crippen molar-refractivity contribution in [1.29, 1.82) is 0 Å². The number of carbonyl (C=O) groups excluding carboxylic acids is 1. The molecule has 0 saturated carbocycles. The SMILES string of the molecule is CN1CCC(N(C)C(=O)CCN2c3ccccc3Sc3ccccc32)CC1. The number of hydrogen-bond donors (Lipinski definition) is 0. The molecule has 4 rings (SSSR count). The van der Waals surface area contributed by atoms with Crippen LogP contribution in [0.15, 0.2) is 58.3 Å². The van der Waals surface area contributed by atoms with E-state index in [0.717, 1.165) is 25.9 Å². The third-order valence-electron chi connectivity index (χ3n) is 5.71. The Kier molecular flexibility index (Phi) is 5.41. The number of amides is 1. The maximum atomic E-state index is 12.9. The minimum absolute atomic E-state index is 0.248. The monoisotopic (exact) mass is 381 g/mol. The fourth-order valence-electron chi connectivity index (χ4n) is 3.99. The highest BCUT2D eigenvalue weighted by molar-refractivity contribution is 7.99. The lowest BCUT2D eigenvalue weighted by molar-refractivity contribution is -0.132. The third kappa shape index (κ3) is 3.85. The standard InChI is InChI=1S/C22H27N3OS/c1-23-14-11-17(12-15-23)24(2)22(26)13-16-25-18-7-3-5-9-20(18)27-21-10-6-4-8-19(21)25/h3-10,17H,11-16H2,1-2H3. The largest absolute Gasteiger partial charge is 0.343 e. The van der Waals surface area contributed by atoms with Gasteiger partial charge in [0.15, 0.2) is 0 Å². The topological polar surface area (TPSA) is 26.8 Å². The molecular formula is C22H27N3OS. The van der Waals surface area contributed by atoms with Gasteiger partial charge in [0.1, 0.15) is 0 Å². The quantitative estimate of drug-likeness (QED) is 0.792. The van der Waals surface area contributed by atoms with Crippen LogP contribution in [-0.4, -0.2) is 55.5 Å². The Labute approximate surface area is 166 Å². The van der Waals surface area contributed by atoms with Crippen LogP contribution in [0.5, 0.6) is 0 Å². The van der Waals surface area contributed by atoms with E-state index >= 15 is 0 Å². The molecule has 4 nitrogen and oxygen atoms in total. The first-order valence-electron chi connectivity index (χ1n) is 9.71. The maximum absolute atomic E-state index is 12.9. The van der Waals surface area contributed by atoms with E-state index in [2.05, 4.69) is 65.4 Å². The van der Waals surface area contributed by atoms with E-state index in [4.69, 9.17) is 0 Å². The van der Waals surface area contributed by atoms with Crippen LogP contribution in [-0.2, 0) is 4.79 Å². The van der Waals surface area contributed by atoms with E-state index in [-0.39, 0.29) is 5.91 Å². The van der Waals surface area contributed by atoms with Gasteiger partial charge in [0.25, 0.3) is 0 Å². The van der Waals surface area contributed by atoms with Crippen molar-refractivity contribution in [2.45, 2.75) is 35.1 Å². The molecule has 2 aliphatic heterocycles. The number of hydrogen-bond acceptors (Lipinski definition) is 4. The summed E-state index contributed by atoms with van der Waals surface area (Å²) < 4.78 is 0. The lowest BCUT2D eigenvalue weighted by Gasteiger charge is -2.36. The molecule has 0 N–H and O–H groups in total. The molecule has 0 unspecified atom stereocenters. The smallest absolute Gasteiger partial charge is 0.224 e. The summed E-state index contributed by atoms with van der Waals surface area (Å²) in [7, 11) is 4.13. The molecule has 2 heterocycles. The molecule has 1 fully saturated rings. The summed E-state index contributed by atoms with van der Waals surface area (Å²) in [5.41, 5.74) is 2.41. The molecule has 2 aromatic rings. The maximum Gasteiger partial charge on any atom is 0.224 e. The predicted octanol–water partition coefficient (Wildman–Crippen LogP) is 4.23. The number of benzene rings is 2. The average Bonchev–Trinajstić information content (AvgIpc) is 2.71. The zero-order valence-corrected chi connectivity index (χ0v) is 16.9. The number of rotatable bonds is 4. The van der Waals surface area contributed by atoms with Crippen LogP contribution in [0.3, 0.4) is 0 Å². The van der Waals surface area contributed by atoms with Crippen LogP contribution in [0.1, 0.15) is 19.3 Å². The number of nitrogens with zero attached hydrogens (tertiary/aromatic N) is 3. The van der Waals surface area contributed by atoms with Crippen LogP contribution in [0.2, 0.25) is 0 Å². The van der Waals surface area contributed by atoms with Crippen molar-refractivity contribution < 1.29 is 4.79 Å². The highest BCUT2D eigenvalue weighted by Gasteiger charge is 2.26. The number of likely N-dealkylation sites (tertiary alicyclic amines) is 1. The molecule has 0 radical (unpaired) electrons. The van der Waals surface area contributed by atoms with E-state index in [1.54, 1.807) is 0 Å². The first-order chi connectivity index (χ1) is 13.1. The molecule has 0 bridgehead atoms.